The molecule has 104 valence electrons. The maximum atomic E-state index is 12.1. The molecular weight excluding hydrogens is 240 g/mol. The summed E-state index contributed by atoms with van der Waals surface area (Å²) in [6.07, 6.45) is 0.585. The van der Waals surface area contributed by atoms with E-state index in [-0.39, 0.29) is 5.78 Å². The molecule has 1 aromatic carbocycles. The summed E-state index contributed by atoms with van der Waals surface area (Å²) < 4.78 is 5.30. The molecule has 0 aliphatic carbocycles. The normalized spacial score (nSPS) is 16.3. The topological polar surface area (TPSA) is 32.8 Å². The van der Waals surface area contributed by atoms with Gasteiger partial charge in [0, 0.05) is 51.4 Å². The molecule has 0 radical (unpaired) electrons. The number of hydrogen-bond acceptors (Lipinski definition) is 4. The quantitative estimate of drug-likeness (QED) is 0.756. The average Bonchev–Trinajstić information content (AvgIpc) is 2.46. The molecule has 1 aliphatic rings. The zero-order valence-electron chi connectivity index (χ0n) is 11.8. The number of ketones is 1. The molecule has 0 amide bonds. The second-order valence-electron chi connectivity index (χ2n) is 5.07. The minimum atomic E-state index is 0.219. The Morgan fingerprint density at radius 1 is 1.21 bits per heavy atom. The van der Waals surface area contributed by atoms with Gasteiger partial charge in [-0.2, -0.15) is 0 Å². The van der Waals surface area contributed by atoms with Crippen LogP contribution in [0.3, 0.4) is 0 Å². The summed E-state index contributed by atoms with van der Waals surface area (Å²) >= 11 is 0. The Morgan fingerprint density at radius 2 is 1.84 bits per heavy atom. The fourth-order valence-corrected chi connectivity index (χ4v) is 2.17. The van der Waals surface area contributed by atoms with E-state index >= 15 is 0 Å². The highest BCUT2D eigenvalue weighted by Gasteiger charge is 2.13. The molecule has 1 aromatic rings. The number of anilines is 1. The van der Waals surface area contributed by atoms with E-state index in [0.717, 1.165) is 44.1 Å². The smallest absolute Gasteiger partial charge is 0.164 e. The fourth-order valence-electron chi connectivity index (χ4n) is 2.17. The highest BCUT2D eigenvalue weighted by molar-refractivity contribution is 5.96. The lowest BCUT2D eigenvalue weighted by Gasteiger charge is -2.26. The molecule has 1 aliphatic heterocycles. The summed E-state index contributed by atoms with van der Waals surface area (Å²) in [6, 6.07) is 7.80. The van der Waals surface area contributed by atoms with Crippen LogP contribution >= 0.6 is 0 Å². The van der Waals surface area contributed by atoms with Crippen molar-refractivity contribution in [2.24, 2.45) is 0 Å². The molecule has 4 nitrogen and oxygen atoms in total. The van der Waals surface area contributed by atoms with E-state index in [2.05, 4.69) is 4.90 Å². The van der Waals surface area contributed by atoms with Crippen molar-refractivity contribution in [3.63, 3.8) is 0 Å². The van der Waals surface area contributed by atoms with Crippen LogP contribution in [0.2, 0.25) is 0 Å². The van der Waals surface area contributed by atoms with Crippen molar-refractivity contribution in [1.29, 1.82) is 0 Å². The van der Waals surface area contributed by atoms with E-state index in [1.54, 1.807) is 0 Å². The SMILES string of the molecule is CN(C)c1ccc(C(=O)CCN2CCOCC2)cc1. The van der Waals surface area contributed by atoms with Crippen molar-refractivity contribution in [2.75, 3.05) is 51.8 Å². The van der Waals surface area contributed by atoms with E-state index in [4.69, 9.17) is 4.74 Å². The molecule has 0 spiro atoms. The van der Waals surface area contributed by atoms with Crippen molar-refractivity contribution in [3.05, 3.63) is 29.8 Å². The second-order valence-corrected chi connectivity index (χ2v) is 5.07. The number of nitrogens with zero attached hydrogens (tertiary/aromatic N) is 2. The molecule has 0 saturated carbocycles. The lowest BCUT2D eigenvalue weighted by molar-refractivity contribution is 0.0370. The minimum Gasteiger partial charge on any atom is -0.379 e. The molecule has 2 rings (SSSR count). The van der Waals surface area contributed by atoms with E-state index in [9.17, 15) is 4.79 Å². The first-order valence-corrected chi connectivity index (χ1v) is 6.77. The molecule has 1 heterocycles. The third-order valence-electron chi connectivity index (χ3n) is 3.46. The van der Waals surface area contributed by atoms with Gasteiger partial charge >= 0.3 is 0 Å². The number of morpholine rings is 1. The van der Waals surface area contributed by atoms with E-state index in [0.29, 0.717) is 6.42 Å². The van der Waals surface area contributed by atoms with Crippen LogP contribution in [0.5, 0.6) is 0 Å². The predicted octanol–water partition coefficient (Wildman–Crippen LogP) is 1.66. The molecule has 0 unspecified atom stereocenters. The van der Waals surface area contributed by atoms with Crippen LogP contribution in [-0.2, 0) is 4.74 Å². The lowest BCUT2D eigenvalue weighted by Crippen LogP contribution is -2.37. The highest BCUT2D eigenvalue weighted by Crippen LogP contribution is 2.13. The number of carbonyl (C=O) groups is 1. The minimum absolute atomic E-state index is 0.219. The third-order valence-corrected chi connectivity index (χ3v) is 3.46. The van der Waals surface area contributed by atoms with Crippen LogP contribution in [0.15, 0.2) is 24.3 Å². The molecule has 0 N–H and O–H groups in total. The van der Waals surface area contributed by atoms with Crippen LogP contribution in [0.4, 0.5) is 5.69 Å². The van der Waals surface area contributed by atoms with Crippen LogP contribution in [0.1, 0.15) is 16.8 Å². The van der Waals surface area contributed by atoms with Gasteiger partial charge in [-0.05, 0) is 24.3 Å². The van der Waals surface area contributed by atoms with Gasteiger partial charge < -0.3 is 9.64 Å². The van der Waals surface area contributed by atoms with Crippen molar-refractivity contribution in [2.45, 2.75) is 6.42 Å². The Labute approximate surface area is 115 Å². The summed E-state index contributed by atoms with van der Waals surface area (Å²) in [5.41, 5.74) is 1.92. The number of carbonyl (C=O) groups excluding carboxylic acids is 1. The Morgan fingerprint density at radius 3 is 2.42 bits per heavy atom. The lowest BCUT2D eigenvalue weighted by atomic mass is 10.1. The zero-order valence-corrected chi connectivity index (χ0v) is 11.8. The maximum absolute atomic E-state index is 12.1. The summed E-state index contributed by atoms with van der Waals surface area (Å²) in [7, 11) is 3.99. The molecular formula is C15H22N2O2. The van der Waals surface area contributed by atoms with Crippen LogP contribution in [-0.4, -0.2) is 57.6 Å². The van der Waals surface area contributed by atoms with Gasteiger partial charge in [0.05, 0.1) is 13.2 Å². The maximum Gasteiger partial charge on any atom is 0.164 e. The van der Waals surface area contributed by atoms with Gasteiger partial charge in [-0.25, -0.2) is 0 Å². The Balaban J connectivity index is 1.85. The number of rotatable bonds is 5. The standard InChI is InChI=1S/C15H22N2O2/c1-16(2)14-5-3-13(4-6-14)15(18)7-8-17-9-11-19-12-10-17/h3-6H,7-12H2,1-2H3. The van der Waals surface area contributed by atoms with Gasteiger partial charge in [-0.1, -0.05) is 0 Å². The van der Waals surface area contributed by atoms with Crippen molar-refractivity contribution in [1.82, 2.24) is 4.90 Å². The van der Waals surface area contributed by atoms with E-state index in [1.165, 1.54) is 0 Å². The van der Waals surface area contributed by atoms with E-state index < -0.39 is 0 Å². The van der Waals surface area contributed by atoms with Crippen molar-refractivity contribution in [3.8, 4) is 0 Å². The molecule has 0 aromatic heterocycles. The van der Waals surface area contributed by atoms with Gasteiger partial charge in [-0.3, -0.25) is 9.69 Å². The first-order valence-electron chi connectivity index (χ1n) is 6.77. The first kappa shape index (κ1) is 14.0. The molecule has 0 bridgehead atoms. The first-order chi connectivity index (χ1) is 9.16. The van der Waals surface area contributed by atoms with Crippen LogP contribution in [0.25, 0.3) is 0 Å². The summed E-state index contributed by atoms with van der Waals surface area (Å²) in [5, 5.41) is 0. The largest absolute Gasteiger partial charge is 0.379 e. The van der Waals surface area contributed by atoms with Crippen molar-refractivity contribution >= 4 is 11.5 Å². The number of Topliss-reactive ketones (excluding diaryl/α,β-unsaturated/α-hetero) is 1. The van der Waals surface area contributed by atoms with Crippen molar-refractivity contribution < 1.29 is 9.53 Å². The van der Waals surface area contributed by atoms with Crippen LogP contribution in [0, 0.1) is 0 Å². The molecule has 19 heavy (non-hydrogen) atoms. The molecule has 1 fully saturated rings. The third kappa shape index (κ3) is 4.04. The number of ether oxygens (including phenoxy) is 1. The fraction of sp³-hybridized carbons (Fsp3) is 0.533. The molecule has 4 heteroatoms. The van der Waals surface area contributed by atoms with Gasteiger partial charge in [-0.15, -0.1) is 0 Å². The zero-order chi connectivity index (χ0) is 13.7. The summed E-state index contributed by atoms with van der Waals surface area (Å²) in [4.78, 5) is 16.4. The van der Waals surface area contributed by atoms with Gasteiger partial charge in [0.25, 0.3) is 0 Å². The van der Waals surface area contributed by atoms with Gasteiger partial charge in [0.1, 0.15) is 0 Å². The summed E-state index contributed by atoms with van der Waals surface area (Å²) in [6.45, 7) is 4.27. The predicted molar refractivity (Wildman–Crippen MR) is 77.0 cm³/mol. The molecule has 1 saturated heterocycles. The average molecular weight is 262 g/mol. The van der Waals surface area contributed by atoms with E-state index in [1.807, 2.05) is 43.3 Å². The Hall–Kier alpha value is -1.39. The van der Waals surface area contributed by atoms with Crippen LogP contribution < -0.4 is 4.90 Å². The second kappa shape index (κ2) is 6.68. The molecule has 0 atom stereocenters. The number of benzene rings is 1. The van der Waals surface area contributed by atoms with Gasteiger partial charge in [0.2, 0.25) is 0 Å². The van der Waals surface area contributed by atoms with Gasteiger partial charge in [0.15, 0.2) is 5.78 Å². The number of hydrogen-bond donors (Lipinski definition) is 0. The summed E-state index contributed by atoms with van der Waals surface area (Å²) in [5.74, 6) is 0.219. The Kier molecular flexibility index (Phi) is 4.93. The Bertz CT molecular complexity index is 409. The highest BCUT2D eigenvalue weighted by atomic mass is 16.5. The monoisotopic (exact) mass is 262 g/mol.